The zero-order valence-corrected chi connectivity index (χ0v) is 27.9. The van der Waals surface area contributed by atoms with Crippen LogP contribution in [0.15, 0.2) is 121 Å². The van der Waals surface area contributed by atoms with Crippen LogP contribution < -0.4 is 0 Å². The number of aliphatic carboxylic acids is 1. The van der Waals surface area contributed by atoms with Gasteiger partial charge in [0, 0.05) is 33.0 Å². The first-order valence-electron chi connectivity index (χ1n) is 16.5. The lowest BCUT2D eigenvalue weighted by atomic mass is 9.78. The van der Waals surface area contributed by atoms with Gasteiger partial charge in [-0.2, -0.15) is 0 Å². The number of rotatable bonds is 14. The smallest absolute Gasteiger partial charge is 0.329 e. The van der Waals surface area contributed by atoms with E-state index in [1.807, 2.05) is 135 Å². The number of nitrogens with zero attached hydrogens (tertiary/aromatic N) is 3. The molecule has 1 aliphatic heterocycles. The third-order valence-electron chi connectivity index (χ3n) is 9.20. The lowest BCUT2D eigenvalue weighted by molar-refractivity contribution is -0.152. The van der Waals surface area contributed by atoms with Crippen molar-refractivity contribution in [2.75, 3.05) is 7.05 Å². The molecule has 0 spiro atoms. The number of urea groups is 1. The van der Waals surface area contributed by atoms with Gasteiger partial charge in [-0.15, -0.1) is 0 Å². The number of aliphatic hydroxyl groups is 1. The standard InChI is InChI=1S/C40H45N3O5/c1-29(2)24-34(40(48,25-30-16-8-4-9-17-30)26-31-18-10-5-11-19-31)41(3)37(44)35-36(38(45)46)43(28-33-22-14-7-15-23-33)39(47)42(35)27-32-20-12-6-13-21-32/h4-23,29,34-36,48H,24-28H2,1-3H3,(H,45,46)/t34?,35-,36+/m1/s1. The Kier molecular flexibility index (Phi) is 11.0. The molecular formula is C40H45N3O5. The topological polar surface area (TPSA) is 101 Å². The molecule has 1 saturated heterocycles. The van der Waals surface area contributed by atoms with Crippen molar-refractivity contribution < 1.29 is 24.6 Å². The Bertz CT molecular complexity index is 1610. The monoisotopic (exact) mass is 647 g/mol. The summed E-state index contributed by atoms with van der Waals surface area (Å²) in [5.74, 6) is -1.68. The Hall–Kier alpha value is -4.95. The number of amides is 3. The van der Waals surface area contributed by atoms with Gasteiger partial charge < -0.3 is 24.9 Å². The molecule has 0 saturated carbocycles. The quantitative estimate of drug-likeness (QED) is 0.174. The van der Waals surface area contributed by atoms with Crippen LogP contribution in [0.1, 0.15) is 42.5 Å². The van der Waals surface area contributed by atoms with Crippen LogP contribution in [0.3, 0.4) is 0 Å². The predicted molar refractivity (Wildman–Crippen MR) is 186 cm³/mol. The fraction of sp³-hybridized carbons (Fsp3) is 0.325. The third-order valence-corrected chi connectivity index (χ3v) is 9.20. The van der Waals surface area contributed by atoms with Gasteiger partial charge in [0.1, 0.15) is 6.04 Å². The van der Waals surface area contributed by atoms with Crippen molar-refractivity contribution in [1.82, 2.24) is 14.7 Å². The average molecular weight is 648 g/mol. The van der Waals surface area contributed by atoms with Gasteiger partial charge in [-0.1, -0.05) is 135 Å². The van der Waals surface area contributed by atoms with E-state index >= 15 is 0 Å². The molecule has 3 atom stereocenters. The van der Waals surface area contributed by atoms with Crippen molar-refractivity contribution in [2.45, 2.75) is 69.9 Å². The summed E-state index contributed by atoms with van der Waals surface area (Å²) in [6.45, 7) is 4.18. The van der Waals surface area contributed by atoms with Gasteiger partial charge in [-0.3, -0.25) is 4.79 Å². The zero-order valence-electron chi connectivity index (χ0n) is 27.9. The second kappa shape index (κ2) is 15.3. The Morgan fingerprint density at radius 1 is 0.688 bits per heavy atom. The number of carbonyl (C=O) groups is 3. The molecule has 1 unspecified atom stereocenters. The highest BCUT2D eigenvalue weighted by atomic mass is 16.4. The number of hydrogen-bond donors (Lipinski definition) is 2. The van der Waals surface area contributed by atoms with Gasteiger partial charge in [0.15, 0.2) is 6.04 Å². The van der Waals surface area contributed by atoms with E-state index in [2.05, 4.69) is 0 Å². The Morgan fingerprint density at radius 3 is 1.44 bits per heavy atom. The molecule has 250 valence electrons. The normalized spacial score (nSPS) is 17.1. The molecule has 1 fully saturated rings. The fourth-order valence-electron chi connectivity index (χ4n) is 6.92. The number of carboxylic acids is 1. The molecule has 4 aromatic carbocycles. The molecule has 8 heteroatoms. The molecule has 1 aliphatic rings. The SMILES string of the molecule is CC(C)CC(N(C)C(=O)[C@H]1[C@@H](C(=O)O)N(Cc2ccccc2)C(=O)N1Cc1ccccc1)C(O)(Cc1ccccc1)Cc1ccccc1. The number of carbonyl (C=O) groups excluding carboxylic acids is 2. The molecule has 0 bridgehead atoms. The first-order chi connectivity index (χ1) is 23.1. The fourth-order valence-corrected chi connectivity index (χ4v) is 6.92. The number of likely N-dealkylation sites (N-methyl/N-ethyl adjacent to an activating group) is 1. The van der Waals surface area contributed by atoms with Gasteiger partial charge in [0.25, 0.3) is 0 Å². The minimum atomic E-state index is -1.44. The molecule has 2 N–H and O–H groups in total. The third kappa shape index (κ3) is 7.94. The zero-order chi connectivity index (χ0) is 34.3. The van der Waals surface area contributed by atoms with Crippen molar-refractivity contribution >= 4 is 17.9 Å². The van der Waals surface area contributed by atoms with Crippen molar-refractivity contribution in [1.29, 1.82) is 0 Å². The first kappa shape index (κ1) is 34.4. The van der Waals surface area contributed by atoms with Crippen molar-refractivity contribution in [2.24, 2.45) is 5.92 Å². The van der Waals surface area contributed by atoms with Crippen LogP contribution in [-0.4, -0.2) is 73.6 Å². The van der Waals surface area contributed by atoms with Crippen LogP contribution in [0.4, 0.5) is 4.79 Å². The minimum Gasteiger partial charge on any atom is -0.480 e. The van der Waals surface area contributed by atoms with Crippen LogP contribution >= 0.6 is 0 Å². The molecule has 0 aromatic heterocycles. The predicted octanol–water partition coefficient (Wildman–Crippen LogP) is 6.04. The summed E-state index contributed by atoms with van der Waals surface area (Å²) in [5.41, 5.74) is 1.97. The van der Waals surface area contributed by atoms with Crippen LogP contribution in [0.2, 0.25) is 0 Å². The highest BCUT2D eigenvalue weighted by Gasteiger charge is 2.55. The van der Waals surface area contributed by atoms with Gasteiger partial charge in [-0.05, 0) is 34.6 Å². The summed E-state index contributed by atoms with van der Waals surface area (Å²) >= 11 is 0. The minimum absolute atomic E-state index is 0.0385. The first-order valence-corrected chi connectivity index (χ1v) is 16.5. The van der Waals surface area contributed by atoms with E-state index in [0.29, 0.717) is 6.42 Å². The van der Waals surface area contributed by atoms with Crippen LogP contribution in [0.5, 0.6) is 0 Å². The van der Waals surface area contributed by atoms with Crippen molar-refractivity contribution in [3.05, 3.63) is 144 Å². The molecule has 0 aliphatic carbocycles. The summed E-state index contributed by atoms with van der Waals surface area (Å²) in [7, 11) is 1.64. The van der Waals surface area contributed by atoms with Gasteiger partial charge in [-0.25, -0.2) is 9.59 Å². The average Bonchev–Trinajstić information content (AvgIpc) is 3.35. The Labute approximate surface area is 283 Å². The maximum absolute atomic E-state index is 14.9. The van der Waals surface area contributed by atoms with Crippen molar-refractivity contribution in [3.63, 3.8) is 0 Å². The summed E-state index contributed by atoms with van der Waals surface area (Å²) in [4.78, 5) is 46.3. The number of hydrogen-bond acceptors (Lipinski definition) is 4. The molecule has 4 aromatic rings. The number of carboxylic acid groups (broad SMARTS) is 1. The van der Waals surface area contributed by atoms with E-state index in [1.54, 1.807) is 7.05 Å². The second-order valence-corrected chi connectivity index (χ2v) is 13.3. The molecule has 3 amide bonds. The van der Waals surface area contributed by atoms with E-state index in [9.17, 15) is 24.6 Å². The van der Waals surface area contributed by atoms with E-state index < -0.39 is 41.6 Å². The molecule has 0 radical (unpaired) electrons. The maximum Gasteiger partial charge on any atom is 0.329 e. The molecule has 48 heavy (non-hydrogen) atoms. The molecule has 1 heterocycles. The molecule has 8 nitrogen and oxygen atoms in total. The largest absolute Gasteiger partial charge is 0.480 e. The lowest BCUT2D eigenvalue weighted by Crippen LogP contribution is -2.61. The summed E-state index contributed by atoms with van der Waals surface area (Å²) < 4.78 is 0. The van der Waals surface area contributed by atoms with Gasteiger partial charge >= 0.3 is 12.0 Å². The second-order valence-electron chi connectivity index (χ2n) is 13.3. The van der Waals surface area contributed by atoms with E-state index in [1.165, 1.54) is 14.7 Å². The summed E-state index contributed by atoms with van der Waals surface area (Å²) in [6.07, 6.45) is 1.01. The highest BCUT2D eigenvalue weighted by molar-refractivity contribution is 5.98. The molecule has 5 rings (SSSR count). The number of benzene rings is 4. The van der Waals surface area contributed by atoms with E-state index in [4.69, 9.17) is 0 Å². The summed E-state index contributed by atoms with van der Waals surface area (Å²) in [6, 6.07) is 33.9. The van der Waals surface area contributed by atoms with Gasteiger partial charge in [0.2, 0.25) is 5.91 Å². The van der Waals surface area contributed by atoms with Crippen LogP contribution in [0, 0.1) is 5.92 Å². The van der Waals surface area contributed by atoms with Crippen LogP contribution in [-0.2, 0) is 35.5 Å². The summed E-state index contributed by atoms with van der Waals surface area (Å²) in [5, 5.41) is 23.4. The maximum atomic E-state index is 14.9. The lowest BCUT2D eigenvalue weighted by Gasteiger charge is -2.44. The van der Waals surface area contributed by atoms with Crippen LogP contribution in [0.25, 0.3) is 0 Å². The highest BCUT2D eigenvalue weighted by Crippen LogP contribution is 2.34. The van der Waals surface area contributed by atoms with Crippen molar-refractivity contribution in [3.8, 4) is 0 Å². The Balaban J connectivity index is 1.57. The van der Waals surface area contributed by atoms with E-state index in [0.717, 1.165) is 22.3 Å². The van der Waals surface area contributed by atoms with E-state index in [-0.39, 0.29) is 31.8 Å². The van der Waals surface area contributed by atoms with Gasteiger partial charge in [0.05, 0.1) is 11.6 Å². The molecular weight excluding hydrogens is 602 g/mol. The Morgan fingerprint density at radius 2 is 1.06 bits per heavy atom.